The third-order valence-electron chi connectivity index (χ3n) is 4.99. The Hall–Kier alpha value is -0.960. The van der Waals surface area contributed by atoms with Gasteiger partial charge in [-0.05, 0) is 72.8 Å². The van der Waals surface area contributed by atoms with Crippen LogP contribution in [0.1, 0.15) is 32.3 Å². The minimum absolute atomic E-state index is 0.0108. The highest BCUT2D eigenvalue weighted by molar-refractivity contribution is 9.10. The molecule has 0 spiro atoms. The van der Waals surface area contributed by atoms with Crippen LogP contribution in [0.4, 0.5) is 0 Å². The number of rotatable bonds is 11. The van der Waals surface area contributed by atoms with Gasteiger partial charge in [0.15, 0.2) is 0 Å². The Kier molecular flexibility index (Phi) is 9.33. The van der Waals surface area contributed by atoms with Crippen molar-refractivity contribution < 1.29 is 13.5 Å². The Morgan fingerprint density at radius 3 is 2.50 bits per heavy atom. The Balaban J connectivity index is 1.83. The third kappa shape index (κ3) is 7.62. The number of halogens is 2. The average Bonchev–Trinajstić information content (AvgIpc) is 2.69. The maximum atomic E-state index is 12.7. The van der Waals surface area contributed by atoms with E-state index in [0.717, 1.165) is 23.6 Å². The number of sulfonamides is 1. The number of β-amino-alcohol motifs (C(OH)–C–C–N with tert-alkyl or cyclic N) is 1. The summed E-state index contributed by atoms with van der Waals surface area (Å²) in [4.78, 5) is 0.0969. The van der Waals surface area contributed by atoms with Gasteiger partial charge < -0.3 is 10.4 Å². The molecule has 0 unspecified atom stereocenters. The molecule has 166 valence electrons. The lowest BCUT2D eigenvalue weighted by molar-refractivity contribution is 0.138. The molecule has 0 saturated heterocycles. The van der Waals surface area contributed by atoms with E-state index in [0.29, 0.717) is 16.0 Å². The summed E-state index contributed by atoms with van der Waals surface area (Å²) in [6.07, 6.45) is 2.15. The molecule has 0 aromatic heterocycles. The van der Waals surface area contributed by atoms with Gasteiger partial charge in [-0.15, -0.1) is 0 Å². The van der Waals surface area contributed by atoms with Crippen LogP contribution in [0.5, 0.6) is 0 Å². The summed E-state index contributed by atoms with van der Waals surface area (Å²) >= 11 is 9.28. The lowest BCUT2D eigenvalue weighted by atomic mass is 9.95. The van der Waals surface area contributed by atoms with Crippen molar-refractivity contribution in [3.05, 3.63) is 63.6 Å². The molecule has 2 N–H and O–H groups in total. The summed E-state index contributed by atoms with van der Waals surface area (Å²) in [6, 6.07) is 14.8. The van der Waals surface area contributed by atoms with Crippen molar-refractivity contribution in [2.24, 2.45) is 0 Å². The zero-order valence-corrected chi connectivity index (χ0v) is 20.8. The Labute approximate surface area is 193 Å². The fourth-order valence-corrected chi connectivity index (χ4v) is 4.87. The van der Waals surface area contributed by atoms with E-state index < -0.39 is 16.1 Å². The molecular formula is C22H30BrClN2O3S. The van der Waals surface area contributed by atoms with Crippen LogP contribution in [-0.4, -0.2) is 49.6 Å². The lowest BCUT2D eigenvalue weighted by Crippen LogP contribution is -2.46. The van der Waals surface area contributed by atoms with Crippen LogP contribution in [0.3, 0.4) is 0 Å². The molecule has 0 bridgehead atoms. The summed E-state index contributed by atoms with van der Waals surface area (Å²) in [7, 11) is -2.27. The van der Waals surface area contributed by atoms with E-state index in [1.165, 1.54) is 24.7 Å². The van der Waals surface area contributed by atoms with Crippen molar-refractivity contribution in [1.82, 2.24) is 9.62 Å². The highest BCUT2D eigenvalue weighted by atomic mass is 79.9. The number of aliphatic hydroxyl groups excluding tert-OH is 1. The summed E-state index contributed by atoms with van der Waals surface area (Å²) < 4.78 is 27.2. The molecule has 2 rings (SSSR count). The van der Waals surface area contributed by atoms with Crippen molar-refractivity contribution in [1.29, 1.82) is 0 Å². The van der Waals surface area contributed by atoms with Gasteiger partial charge in [0, 0.05) is 30.1 Å². The first-order valence-corrected chi connectivity index (χ1v) is 12.5. The molecule has 8 heteroatoms. The molecule has 0 aliphatic rings. The predicted octanol–water partition coefficient (Wildman–Crippen LogP) is 4.48. The normalized spacial score (nSPS) is 13.6. The van der Waals surface area contributed by atoms with Crippen molar-refractivity contribution in [2.75, 3.05) is 20.1 Å². The topological polar surface area (TPSA) is 69.6 Å². The van der Waals surface area contributed by atoms with Crippen LogP contribution in [0.25, 0.3) is 0 Å². The molecule has 0 radical (unpaired) electrons. The van der Waals surface area contributed by atoms with Crippen LogP contribution < -0.4 is 5.32 Å². The van der Waals surface area contributed by atoms with Gasteiger partial charge in [-0.1, -0.05) is 41.9 Å². The standard InChI is InChI=1S/C22H30BrClN2O3S/c1-22(2,13-7-10-17-8-5-4-6-9-17)25-15-18(27)16-26(3)30(28,29)19-11-12-20(23)21(24)14-19/h4-6,8-9,11-12,14,18,25,27H,7,10,13,15-16H2,1-3H3/t18-/m1/s1. The van der Waals surface area contributed by atoms with Crippen molar-refractivity contribution in [3.63, 3.8) is 0 Å². The number of hydrogen-bond acceptors (Lipinski definition) is 4. The van der Waals surface area contributed by atoms with Gasteiger partial charge in [-0.25, -0.2) is 8.42 Å². The van der Waals surface area contributed by atoms with Gasteiger partial charge in [0.1, 0.15) is 0 Å². The summed E-state index contributed by atoms with van der Waals surface area (Å²) in [5.74, 6) is 0. The fourth-order valence-electron chi connectivity index (χ4n) is 3.14. The van der Waals surface area contributed by atoms with E-state index in [9.17, 15) is 13.5 Å². The minimum Gasteiger partial charge on any atom is -0.390 e. The first-order valence-electron chi connectivity index (χ1n) is 9.90. The van der Waals surface area contributed by atoms with Gasteiger partial charge >= 0.3 is 0 Å². The molecule has 2 aromatic rings. The average molecular weight is 518 g/mol. The Morgan fingerprint density at radius 2 is 1.87 bits per heavy atom. The summed E-state index contributed by atoms with van der Waals surface area (Å²) in [5.41, 5.74) is 1.15. The van der Waals surface area contributed by atoms with Crippen molar-refractivity contribution in [3.8, 4) is 0 Å². The van der Waals surface area contributed by atoms with Crippen molar-refractivity contribution >= 4 is 37.6 Å². The largest absolute Gasteiger partial charge is 0.390 e. The molecule has 0 heterocycles. The Bertz CT molecular complexity index is 923. The van der Waals surface area contributed by atoms with E-state index in [4.69, 9.17) is 11.6 Å². The highest BCUT2D eigenvalue weighted by Gasteiger charge is 2.25. The van der Waals surface area contributed by atoms with E-state index >= 15 is 0 Å². The molecular weight excluding hydrogens is 488 g/mol. The van der Waals surface area contributed by atoms with Crippen LogP contribution in [0.15, 0.2) is 57.9 Å². The SMILES string of the molecule is CN(C[C@H](O)CNC(C)(C)CCCc1ccccc1)S(=O)(=O)c1ccc(Br)c(Cl)c1. The minimum atomic E-state index is -3.73. The molecule has 0 saturated carbocycles. The van der Waals surface area contributed by atoms with E-state index in [2.05, 4.69) is 47.2 Å². The van der Waals surface area contributed by atoms with Gasteiger partial charge in [-0.2, -0.15) is 4.31 Å². The second kappa shape index (κ2) is 11.1. The van der Waals surface area contributed by atoms with Gasteiger partial charge in [0.2, 0.25) is 10.0 Å². The summed E-state index contributed by atoms with van der Waals surface area (Å²) in [6.45, 7) is 4.48. The number of aliphatic hydroxyl groups is 1. The van der Waals surface area contributed by atoms with Gasteiger partial charge in [-0.3, -0.25) is 0 Å². The molecule has 1 atom stereocenters. The lowest BCUT2D eigenvalue weighted by Gasteiger charge is -2.29. The monoisotopic (exact) mass is 516 g/mol. The predicted molar refractivity (Wildman–Crippen MR) is 126 cm³/mol. The van der Waals surface area contributed by atoms with Crippen LogP contribution in [0.2, 0.25) is 5.02 Å². The second-order valence-corrected chi connectivity index (χ2v) is 11.4. The van der Waals surface area contributed by atoms with Gasteiger partial charge in [0.05, 0.1) is 16.0 Å². The first kappa shape index (κ1) is 25.3. The van der Waals surface area contributed by atoms with E-state index in [1.54, 1.807) is 6.07 Å². The summed E-state index contributed by atoms with van der Waals surface area (Å²) in [5, 5.41) is 14.1. The number of nitrogens with zero attached hydrogens (tertiary/aromatic N) is 1. The number of nitrogens with one attached hydrogen (secondary N) is 1. The number of aryl methyl sites for hydroxylation is 1. The maximum absolute atomic E-state index is 12.7. The molecule has 30 heavy (non-hydrogen) atoms. The van der Waals surface area contributed by atoms with Crippen LogP contribution in [0, 0.1) is 0 Å². The molecule has 5 nitrogen and oxygen atoms in total. The fraction of sp³-hybridized carbons (Fsp3) is 0.455. The maximum Gasteiger partial charge on any atom is 0.242 e. The Morgan fingerprint density at radius 1 is 1.20 bits per heavy atom. The first-order chi connectivity index (χ1) is 14.0. The highest BCUT2D eigenvalue weighted by Crippen LogP contribution is 2.26. The molecule has 0 fully saturated rings. The third-order valence-corrected chi connectivity index (χ3v) is 8.05. The van der Waals surface area contributed by atoms with Crippen molar-refractivity contribution in [2.45, 2.75) is 49.6 Å². The van der Waals surface area contributed by atoms with E-state index in [-0.39, 0.29) is 17.0 Å². The number of likely N-dealkylation sites (N-methyl/N-ethyl adjacent to an activating group) is 1. The van der Waals surface area contributed by atoms with Crippen LogP contribution in [-0.2, 0) is 16.4 Å². The molecule has 0 aliphatic carbocycles. The molecule has 0 amide bonds. The number of hydrogen-bond donors (Lipinski definition) is 2. The zero-order valence-electron chi connectivity index (χ0n) is 17.6. The zero-order chi connectivity index (χ0) is 22.4. The second-order valence-electron chi connectivity index (χ2n) is 8.12. The molecule has 2 aromatic carbocycles. The number of benzene rings is 2. The van der Waals surface area contributed by atoms with Crippen LogP contribution >= 0.6 is 27.5 Å². The smallest absolute Gasteiger partial charge is 0.242 e. The quantitative estimate of drug-likeness (QED) is 0.461. The molecule has 0 aliphatic heterocycles. The van der Waals surface area contributed by atoms with E-state index in [1.807, 2.05) is 18.2 Å². The van der Waals surface area contributed by atoms with Gasteiger partial charge in [0.25, 0.3) is 0 Å².